The van der Waals surface area contributed by atoms with Crippen LogP contribution in [-0.2, 0) is 11.3 Å². The molecule has 1 aromatic rings. The second kappa shape index (κ2) is 7.83. The van der Waals surface area contributed by atoms with E-state index in [4.69, 9.17) is 4.74 Å². The number of amides is 2. The quantitative estimate of drug-likeness (QED) is 0.893. The molecule has 6 nitrogen and oxygen atoms in total. The largest absolute Gasteiger partial charge is 0.378 e. The molecule has 0 spiro atoms. The minimum Gasteiger partial charge on any atom is -0.378 e. The van der Waals surface area contributed by atoms with Crippen molar-refractivity contribution in [1.29, 1.82) is 0 Å². The van der Waals surface area contributed by atoms with Crippen LogP contribution in [0.25, 0.3) is 0 Å². The standard InChI is InChI=1S/C15H24N4O2/c1-3-18(4-2)15(20)17-12-13-6-5-7-16-14(13)19-8-10-21-11-9-19/h5-7H,3-4,8-12H2,1-2H3,(H,17,20). The molecule has 6 heteroatoms. The lowest BCUT2D eigenvalue weighted by molar-refractivity contribution is 0.122. The van der Waals surface area contributed by atoms with E-state index in [-0.39, 0.29) is 6.03 Å². The zero-order valence-electron chi connectivity index (χ0n) is 12.8. The number of hydrogen-bond donors (Lipinski definition) is 1. The van der Waals surface area contributed by atoms with Gasteiger partial charge >= 0.3 is 6.03 Å². The molecule has 21 heavy (non-hydrogen) atoms. The topological polar surface area (TPSA) is 57.7 Å². The van der Waals surface area contributed by atoms with Gasteiger partial charge in [-0.25, -0.2) is 9.78 Å². The third kappa shape index (κ3) is 4.07. The number of carbonyl (C=O) groups excluding carboxylic acids is 1. The summed E-state index contributed by atoms with van der Waals surface area (Å²) in [6.45, 7) is 9.01. The summed E-state index contributed by atoms with van der Waals surface area (Å²) in [6.07, 6.45) is 1.79. The monoisotopic (exact) mass is 292 g/mol. The predicted molar refractivity (Wildman–Crippen MR) is 82.4 cm³/mol. The van der Waals surface area contributed by atoms with Crippen LogP contribution in [0.4, 0.5) is 10.6 Å². The molecule has 0 bridgehead atoms. The Kier molecular flexibility index (Phi) is 5.80. The van der Waals surface area contributed by atoms with Crippen LogP contribution in [0.2, 0.25) is 0 Å². The Morgan fingerprint density at radius 2 is 2.10 bits per heavy atom. The Bertz CT molecular complexity index is 457. The Hall–Kier alpha value is -1.82. The van der Waals surface area contributed by atoms with Crippen molar-refractivity contribution in [3.63, 3.8) is 0 Å². The van der Waals surface area contributed by atoms with Crippen molar-refractivity contribution in [1.82, 2.24) is 15.2 Å². The highest BCUT2D eigenvalue weighted by Crippen LogP contribution is 2.18. The van der Waals surface area contributed by atoms with E-state index in [1.807, 2.05) is 26.0 Å². The third-order valence-corrected chi connectivity index (χ3v) is 3.66. The molecule has 1 aliphatic heterocycles. The van der Waals surface area contributed by atoms with Crippen LogP contribution in [0.15, 0.2) is 18.3 Å². The number of rotatable bonds is 5. The summed E-state index contributed by atoms with van der Waals surface area (Å²) in [4.78, 5) is 20.5. The Morgan fingerprint density at radius 3 is 2.76 bits per heavy atom. The molecule has 0 saturated carbocycles. The van der Waals surface area contributed by atoms with E-state index < -0.39 is 0 Å². The van der Waals surface area contributed by atoms with E-state index >= 15 is 0 Å². The van der Waals surface area contributed by atoms with Gasteiger partial charge in [0.25, 0.3) is 0 Å². The number of morpholine rings is 1. The summed E-state index contributed by atoms with van der Waals surface area (Å²) in [5.74, 6) is 0.945. The van der Waals surface area contributed by atoms with Gasteiger partial charge in [-0.15, -0.1) is 0 Å². The molecule has 0 aromatic carbocycles. The number of hydrogen-bond acceptors (Lipinski definition) is 4. The molecule has 2 amide bonds. The number of aromatic nitrogens is 1. The number of nitrogens with one attached hydrogen (secondary N) is 1. The highest BCUT2D eigenvalue weighted by atomic mass is 16.5. The van der Waals surface area contributed by atoms with Gasteiger partial charge in [-0.3, -0.25) is 0 Å². The van der Waals surface area contributed by atoms with E-state index in [9.17, 15) is 4.79 Å². The SMILES string of the molecule is CCN(CC)C(=O)NCc1cccnc1N1CCOCC1. The summed E-state index contributed by atoms with van der Waals surface area (Å²) in [5, 5.41) is 2.97. The molecule has 1 aliphatic rings. The molecule has 2 rings (SSSR count). The molecule has 0 unspecified atom stereocenters. The van der Waals surface area contributed by atoms with Gasteiger partial charge in [0, 0.05) is 44.5 Å². The first-order chi connectivity index (χ1) is 10.3. The lowest BCUT2D eigenvalue weighted by Crippen LogP contribution is -2.40. The number of pyridine rings is 1. The first-order valence-electron chi connectivity index (χ1n) is 7.55. The van der Waals surface area contributed by atoms with E-state index in [0.29, 0.717) is 19.6 Å². The van der Waals surface area contributed by atoms with Crippen LogP contribution < -0.4 is 10.2 Å². The van der Waals surface area contributed by atoms with Crippen molar-refractivity contribution < 1.29 is 9.53 Å². The fraction of sp³-hybridized carbons (Fsp3) is 0.600. The summed E-state index contributed by atoms with van der Waals surface area (Å²) in [6, 6.07) is 3.89. The number of urea groups is 1. The van der Waals surface area contributed by atoms with Crippen LogP contribution in [-0.4, -0.2) is 55.3 Å². The summed E-state index contributed by atoms with van der Waals surface area (Å²) < 4.78 is 5.37. The van der Waals surface area contributed by atoms with Crippen molar-refractivity contribution in [3.8, 4) is 0 Å². The predicted octanol–water partition coefficient (Wildman–Crippen LogP) is 1.47. The van der Waals surface area contributed by atoms with Gasteiger partial charge in [0.1, 0.15) is 5.82 Å². The van der Waals surface area contributed by atoms with Gasteiger partial charge in [0.05, 0.1) is 13.2 Å². The first kappa shape index (κ1) is 15.6. The van der Waals surface area contributed by atoms with Crippen molar-refractivity contribution in [2.45, 2.75) is 20.4 Å². The third-order valence-electron chi connectivity index (χ3n) is 3.66. The van der Waals surface area contributed by atoms with Crippen LogP contribution in [0.1, 0.15) is 19.4 Å². The number of carbonyl (C=O) groups is 1. The fourth-order valence-electron chi connectivity index (χ4n) is 2.42. The van der Waals surface area contributed by atoms with Crippen LogP contribution in [0.5, 0.6) is 0 Å². The molecular formula is C15H24N4O2. The van der Waals surface area contributed by atoms with Crippen LogP contribution in [0.3, 0.4) is 0 Å². The maximum Gasteiger partial charge on any atom is 0.317 e. The van der Waals surface area contributed by atoms with Gasteiger partial charge in [-0.1, -0.05) is 6.07 Å². The summed E-state index contributed by atoms with van der Waals surface area (Å²) in [7, 11) is 0. The lowest BCUT2D eigenvalue weighted by Gasteiger charge is -2.29. The second-order valence-corrected chi connectivity index (χ2v) is 4.92. The Morgan fingerprint density at radius 1 is 1.38 bits per heavy atom. The maximum atomic E-state index is 12.0. The first-order valence-corrected chi connectivity index (χ1v) is 7.55. The van der Waals surface area contributed by atoms with E-state index in [1.165, 1.54) is 0 Å². The molecule has 0 radical (unpaired) electrons. The van der Waals surface area contributed by atoms with Gasteiger partial charge < -0.3 is 19.9 Å². The highest BCUT2D eigenvalue weighted by Gasteiger charge is 2.16. The van der Waals surface area contributed by atoms with Gasteiger partial charge in [0.2, 0.25) is 0 Å². The zero-order valence-corrected chi connectivity index (χ0v) is 12.8. The normalized spacial score (nSPS) is 14.9. The Balaban J connectivity index is 2.01. The van der Waals surface area contributed by atoms with Gasteiger partial charge in [-0.05, 0) is 19.9 Å². The van der Waals surface area contributed by atoms with Crippen LogP contribution in [0, 0.1) is 0 Å². The smallest absolute Gasteiger partial charge is 0.317 e. The Labute approximate surface area is 126 Å². The lowest BCUT2D eigenvalue weighted by atomic mass is 10.2. The minimum absolute atomic E-state index is 0.0308. The molecule has 1 N–H and O–H groups in total. The molecule has 1 fully saturated rings. The maximum absolute atomic E-state index is 12.0. The van der Waals surface area contributed by atoms with Crippen LogP contribution >= 0.6 is 0 Å². The molecule has 1 saturated heterocycles. The van der Waals surface area contributed by atoms with Crippen molar-refractivity contribution >= 4 is 11.8 Å². The van der Waals surface area contributed by atoms with Gasteiger partial charge in [0.15, 0.2) is 0 Å². The van der Waals surface area contributed by atoms with Gasteiger partial charge in [-0.2, -0.15) is 0 Å². The van der Waals surface area contributed by atoms with Crippen molar-refractivity contribution in [2.75, 3.05) is 44.3 Å². The number of ether oxygens (including phenoxy) is 1. The van der Waals surface area contributed by atoms with E-state index in [0.717, 1.165) is 37.7 Å². The zero-order chi connectivity index (χ0) is 15.1. The average Bonchev–Trinajstić information content (AvgIpc) is 2.55. The molecule has 0 atom stereocenters. The molecule has 2 heterocycles. The van der Waals surface area contributed by atoms with Crippen molar-refractivity contribution in [3.05, 3.63) is 23.9 Å². The number of anilines is 1. The summed E-state index contributed by atoms with van der Waals surface area (Å²) in [5.41, 5.74) is 1.04. The average molecular weight is 292 g/mol. The summed E-state index contributed by atoms with van der Waals surface area (Å²) >= 11 is 0. The van der Waals surface area contributed by atoms with Crippen molar-refractivity contribution in [2.24, 2.45) is 0 Å². The molecule has 1 aromatic heterocycles. The number of nitrogens with zero attached hydrogens (tertiary/aromatic N) is 3. The molecule has 0 aliphatic carbocycles. The molecule has 116 valence electrons. The molecular weight excluding hydrogens is 268 g/mol. The van der Waals surface area contributed by atoms with E-state index in [2.05, 4.69) is 15.2 Å². The van der Waals surface area contributed by atoms with E-state index in [1.54, 1.807) is 11.1 Å². The highest BCUT2D eigenvalue weighted by molar-refractivity contribution is 5.74. The fourth-order valence-corrected chi connectivity index (χ4v) is 2.42. The minimum atomic E-state index is -0.0308. The second-order valence-electron chi connectivity index (χ2n) is 4.92.